The van der Waals surface area contributed by atoms with E-state index in [2.05, 4.69) is 18.9 Å². The lowest BCUT2D eigenvalue weighted by molar-refractivity contribution is -0.138. The monoisotopic (exact) mass is 304 g/mol. The average molecular weight is 304 g/mol. The molecule has 2 aliphatic rings. The zero-order valence-electron chi connectivity index (χ0n) is 13.5. The Kier molecular flexibility index (Phi) is 3.93. The maximum atomic E-state index is 12.7. The Balaban J connectivity index is 1.68. The molecular weight excluding hydrogens is 280 g/mol. The van der Waals surface area contributed by atoms with Crippen LogP contribution in [0.2, 0.25) is 0 Å². The lowest BCUT2D eigenvalue weighted by Gasteiger charge is -2.36. The molecule has 2 fully saturated rings. The Morgan fingerprint density at radius 3 is 2.50 bits per heavy atom. The molecule has 6 nitrogen and oxygen atoms in total. The van der Waals surface area contributed by atoms with Gasteiger partial charge in [0.05, 0.1) is 17.8 Å². The van der Waals surface area contributed by atoms with E-state index in [9.17, 15) is 9.59 Å². The van der Waals surface area contributed by atoms with Crippen molar-refractivity contribution in [2.75, 3.05) is 24.5 Å². The molecule has 0 radical (unpaired) electrons. The minimum atomic E-state index is -0.217. The molecule has 2 saturated heterocycles. The fourth-order valence-corrected chi connectivity index (χ4v) is 3.77. The van der Waals surface area contributed by atoms with Crippen molar-refractivity contribution >= 4 is 17.5 Å². The summed E-state index contributed by atoms with van der Waals surface area (Å²) in [6.07, 6.45) is 4.98. The molecule has 2 amide bonds. The van der Waals surface area contributed by atoms with E-state index in [0.29, 0.717) is 24.8 Å². The van der Waals surface area contributed by atoms with Gasteiger partial charge >= 0.3 is 0 Å². The normalized spacial score (nSPS) is 29.2. The van der Waals surface area contributed by atoms with Crippen molar-refractivity contribution < 1.29 is 9.59 Å². The highest BCUT2D eigenvalue weighted by molar-refractivity contribution is 6.00. The number of hydrogen-bond acceptors (Lipinski definition) is 3. The number of hydrogen-bond donors (Lipinski definition) is 0. The molecule has 0 bridgehead atoms. The standard InChI is InChI=1S/C16H24N4O2/c1-11-4-12(2)8-19(7-11)16(22)13-5-15(21)20(9-13)14-6-17-18(3)10-14/h6,10-13H,4-5,7-9H2,1-3H3/t11-,12+,13-/m0/s1. The second-order valence-electron chi connectivity index (χ2n) is 6.97. The van der Waals surface area contributed by atoms with E-state index < -0.39 is 0 Å². The third-order valence-corrected chi connectivity index (χ3v) is 4.66. The van der Waals surface area contributed by atoms with Gasteiger partial charge in [-0.15, -0.1) is 0 Å². The molecule has 22 heavy (non-hydrogen) atoms. The van der Waals surface area contributed by atoms with Crippen LogP contribution in [0.3, 0.4) is 0 Å². The van der Waals surface area contributed by atoms with E-state index in [1.807, 2.05) is 18.1 Å². The van der Waals surface area contributed by atoms with E-state index >= 15 is 0 Å². The smallest absolute Gasteiger partial charge is 0.228 e. The third-order valence-electron chi connectivity index (χ3n) is 4.66. The summed E-state index contributed by atoms with van der Waals surface area (Å²) >= 11 is 0. The Morgan fingerprint density at radius 1 is 1.23 bits per heavy atom. The van der Waals surface area contributed by atoms with Gasteiger partial charge < -0.3 is 9.80 Å². The van der Waals surface area contributed by atoms with Gasteiger partial charge in [0, 0.05) is 39.3 Å². The van der Waals surface area contributed by atoms with Crippen LogP contribution < -0.4 is 4.90 Å². The highest BCUT2D eigenvalue weighted by atomic mass is 16.2. The zero-order chi connectivity index (χ0) is 15.9. The molecule has 1 aromatic heterocycles. The molecule has 0 aromatic carbocycles. The maximum Gasteiger partial charge on any atom is 0.228 e. The van der Waals surface area contributed by atoms with Crippen LogP contribution in [0.1, 0.15) is 26.7 Å². The van der Waals surface area contributed by atoms with Crippen molar-refractivity contribution in [1.82, 2.24) is 14.7 Å². The minimum Gasteiger partial charge on any atom is -0.342 e. The number of aryl methyl sites for hydroxylation is 1. The van der Waals surface area contributed by atoms with Crippen molar-refractivity contribution in [2.24, 2.45) is 24.8 Å². The molecule has 0 saturated carbocycles. The Labute approximate surface area is 131 Å². The SMILES string of the molecule is C[C@@H]1C[C@H](C)CN(C(=O)[C@H]2CC(=O)N(c3cnn(C)c3)C2)C1. The number of likely N-dealkylation sites (tertiary alicyclic amines) is 1. The van der Waals surface area contributed by atoms with E-state index in [-0.39, 0.29) is 17.7 Å². The molecule has 0 unspecified atom stereocenters. The zero-order valence-corrected chi connectivity index (χ0v) is 13.5. The molecule has 120 valence electrons. The number of carbonyl (C=O) groups excluding carboxylic acids is 2. The number of anilines is 1. The fourth-order valence-electron chi connectivity index (χ4n) is 3.77. The van der Waals surface area contributed by atoms with E-state index in [4.69, 9.17) is 0 Å². The second kappa shape index (κ2) is 5.74. The van der Waals surface area contributed by atoms with Crippen molar-refractivity contribution in [1.29, 1.82) is 0 Å². The summed E-state index contributed by atoms with van der Waals surface area (Å²) in [5.41, 5.74) is 0.781. The highest BCUT2D eigenvalue weighted by Crippen LogP contribution is 2.28. The summed E-state index contributed by atoms with van der Waals surface area (Å²) in [7, 11) is 1.82. The topological polar surface area (TPSA) is 58.4 Å². The van der Waals surface area contributed by atoms with Crippen LogP contribution in [0.25, 0.3) is 0 Å². The fraction of sp³-hybridized carbons (Fsp3) is 0.688. The van der Waals surface area contributed by atoms with Crippen LogP contribution in [0.4, 0.5) is 5.69 Å². The van der Waals surface area contributed by atoms with Gasteiger partial charge in [0.2, 0.25) is 11.8 Å². The van der Waals surface area contributed by atoms with Crippen molar-refractivity contribution in [3.8, 4) is 0 Å². The first-order chi connectivity index (χ1) is 10.4. The molecule has 0 spiro atoms. The number of rotatable bonds is 2. The van der Waals surface area contributed by atoms with Gasteiger partial charge in [-0.1, -0.05) is 13.8 Å². The predicted octanol–water partition coefficient (Wildman–Crippen LogP) is 1.28. The van der Waals surface area contributed by atoms with Crippen molar-refractivity contribution in [2.45, 2.75) is 26.7 Å². The predicted molar refractivity (Wildman–Crippen MR) is 83.2 cm³/mol. The second-order valence-corrected chi connectivity index (χ2v) is 6.97. The van der Waals surface area contributed by atoms with E-state index in [0.717, 1.165) is 18.8 Å². The number of aromatic nitrogens is 2. The number of piperidine rings is 1. The molecule has 1 aromatic rings. The molecule has 2 aliphatic heterocycles. The lowest BCUT2D eigenvalue weighted by atomic mass is 9.91. The van der Waals surface area contributed by atoms with Crippen LogP contribution in [0.15, 0.2) is 12.4 Å². The molecule has 0 N–H and O–H groups in total. The van der Waals surface area contributed by atoms with Gasteiger partial charge in [-0.05, 0) is 18.3 Å². The van der Waals surface area contributed by atoms with Crippen molar-refractivity contribution in [3.05, 3.63) is 12.4 Å². The van der Waals surface area contributed by atoms with Gasteiger partial charge in [-0.3, -0.25) is 14.3 Å². The van der Waals surface area contributed by atoms with Crippen LogP contribution in [0, 0.1) is 17.8 Å². The first-order valence-corrected chi connectivity index (χ1v) is 8.02. The first kappa shape index (κ1) is 15.1. The summed E-state index contributed by atoms with van der Waals surface area (Å²) in [6, 6.07) is 0. The number of carbonyl (C=O) groups is 2. The molecule has 0 aliphatic carbocycles. The van der Waals surface area contributed by atoms with Gasteiger partial charge in [0.1, 0.15) is 0 Å². The van der Waals surface area contributed by atoms with Gasteiger partial charge in [0.25, 0.3) is 0 Å². The molecular formula is C16H24N4O2. The minimum absolute atomic E-state index is 0.0180. The number of nitrogens with zero attached hydrogens (tertiary/aromatic N) is 4. The third kappa shape index (κ3) is 2.87. The molecule has 3 rings (SSSR count). The van der Waals surface area contributed by atoms with Crippen LogP contribution in [-0.4, -0.2) is 46.1 Å². The Morgan fingerprint density at radius 2 is 1.91 bits per heavy atom. The largest absolute Gasteiger partial charge is 0.342 e. The molecule has 3 atom stereocenters. The first-order valence-electron chi connectivity index (χ1n) is 8.02. The Hall–Kier alpha value is -1.85. The van der Waals surface area contributed by atoms with E-state index in [1.165, 1.54) is 6.42 Å². The van der Waals surface area contributed by atoms with Gasteiger partial charge in [-0.25, -0.2) is 0 Å². The average Bonchev–Trinajstić information content (AvgIpc) is 3.03. The van der Waals surface area contributed by atoms with Crippen LogP contribution in [-0.2, 0) is 16.6 Å². The lowest BCUT2D eigenvalue weighted by Crippen LogP contribution is -2.45. The maximum absolute atomic E-state index is 12.7. The summed E-state index contributed by atoms with van der Waals surface area (Å²) in [5.74, 6) is 1.02. The van der Waals surface area contributed by atoms with Crippen LogP contribution in [0.5, 0.6) is 0 Å². The van der Waals surface area contributed by atoms with Crippen molar-refractivity contribution in [3.63, 3.8) is 0 Å². The highest BCUT2D eigenvalue weighted by Gasteiger charge is 2.39. The summed E-state index contributed by atoms with van der Waals surface area (Å²) in [4.78, 5) is 28.6. The van der Waals surface area contributed by atoms with Gasteiger partial charge in [0.15, 0.2) is 0 Å². The quantitative estimate of drug-likeness (QED) is 0.827. The summed E-state index contributed by atoms with van der Waals surface area (Å²) in [6.45, 7) is 6.50. The molecule has 3 heterocycles. The number of amides is 2. The molecule has 6 heteroatoms. The van der Waals surface area contributed by atoms with Crippen LogP contribution >= 0.6 is 0 Å². The summed E-state index contributed by atoms with van der Waals surface area (Å²) < 4.78 is 1.67. The Bertz CT molecular complexity index is 572. The van der Waals surface area contributed by atoms with E-state index in [1.54, 1.807) is 15.8 Å². The summed E-state index contributed by atoms with van der Waals surface area (Å²) in [5, 5.41) is 4.10. The van der Waals surface area contributed by atoms with Gasteiger partial charge in [-0.2, -0.15) is 5.10 Å².